The van der Waals surface area contributed by atoms with Gasteiger partial charge in [0.25, 0.3) is 0 Å². The van der Waals surface area contributed by atoms with E-state index in [2.05, 4.69) is 98.4 Å². The third kappa shape index (κ3) is 13.9. The van der Waals surface area contributed by atoms with E-state index >= 15 is 0 Å². The quantitative estimate of drug-likeness (QED) is 0.0783. The van der Waals surface area contributed by atoms with E-state index in [1.54, 1.807) is 0 Å². The lowest BCUT2D eigenvalue weighted by atomic mass is 9.66. The van der Waals surface area contributed by atoms with Crippen molar-refractivity contribution < 1.29 is 0 Å². The van der Waals surface area contributed by atoms with Crippen LogP contribution in [0.1, 0.15) is 178 Å². The Morgan fingerprint density at radius 2 is 1.04 bits per heavy atom. The smallest absolute Gasteiger partial charge is 0.112 e. The van der Waals surface area contributed by atoms with E-state index < -0.39 is 0 Å². The highest BCUT2D eigenvalue weighted by molar-refractivity contribution is 5.33. The average molecular weight is 613 g/mol. The fraction of sp³-hybridized carbons (Fsp3) is 0.651. The second-order valence-corrected chi connectivity index (χ2v) is 14.1. The second-order valence-electron chi connectivity index (χ2n) is 14.1. The van der Waals surface area contributed by atoms with Crippen molar-refractivity contribution in [2.24, 2.45) is 0 Å². The lowest BCUT2D eigenvalue weighted by Crippen LogP contribution is -2.35. The number of benzene rings is 2. The molecule has 0 radical (unpaired) electrons. The number of aryl methyl sites for hydroxylation is 1. The van der Waals surface area contributed by atoms with E-state index in [1.165, 1.54) is 152 Å². The first-order chi connectivity index (χ1) is 22.2. The normalized spacial score (nSPS) is 13.6. The lowest BCUT2D eigenvalue weighted by molar-refractivity contribution is 0.321. The molecule has 2 unspecified atom stereocenters. The van der Waals surface area contributed by atoms with Crippen molar-refractivity contribution in [1.82, 2.24) is 9.55 Å². The fourth-order valence-corrected chi connectivity index (χ4v) is 7.42. The highest BCUT2D eigenvalue weighted by Crippen LogP contribution is 2.44. The molecular formula is C43H68N2. The molecule has 0 saturated heterocycles. The lowest BCUT2D eigenvalue weighted by Gasteiger charge is -2.39. The van der Waals surface area contributed by atoms with Crippen LogP contribution in [0.3, 0.4) is 0 Å². The van der Waals surface area contributed by atoms with Gasteiger partial charge in [0.05, 0.1) is 0 Å². The second kappa shape index (κ2) is 23.0. The van der Waals surface area contributed by atoms with Gasteiger partial charge in [-0.25, -0.2) is 4.98 Å². The summed E-state index contributed by atoms with van der Waals surface area (Å²) in [4.78, 5) is 5.14. The molecule has 1 heterocycles. The molecule has 2 heteroatoms. The van der Waals surface area contributed by atoms with Crippen LogP contribution in [0.15, 0.2) is 73.1 Å². The minimum Gasteiger partial charge on any atom is -0.335 e. The molecule has 0 aliphatic heterocycles. The van der Waals surface area contributed by atoms with Crippen molar-refractivity contribution in [2.75, 3.05) is 0 Å². The van der Waals surface area contributed by atoms with Crippen molar-refractivity contribution in [3.8, 4) is 0 Å². The zero-order valence-electron chi connectivity index (χ0n) is 29.7. The zero-order valence-corrected chi connectivity index (χ0v) is 29.7. The van der Waals surface area contributed by atoms with E-state index in [4.69, 9.17) is 4.98 Å². The summed E-state index contributed by atoms with van der Waals surface area (Å²) < 4.78 is 2.53. The molecule has 0 saturated carbocycles. The van der Waals surface area contributed by atoms with Crippen LogP contribution < -0.4 is 0 Å². The van der Waals surface area contributed by atoms with Gasteiger partial charge < -0.3 is 4.57 Å². The molecule has 0 aliphatic carbocycles. The SMILES string of the molecule is CCCCCCCCCCCCC(c1nccn1CCCCCCCCCCCC)C(C)(Cc1ccccc1)c1ccccc1. The number of imidazole rings is 1. The largest absolute Gasteiger partial charge is 0.335 e. The highest BCUT2D eigenvalue weighted by atomic mass is 15.1. The topological polar surface area (TPSA) is 17.8 Å². The van der Waals surface area contributed by atoms with Gasteiger partial charge in [-0.2, -0.15) is 0 Å². The van der Waals surface area contributed by atoms with Gasteiger partial charge in [0, 0.05) is 30.3 Å². The summed E-state index contributed by atoms with van der Waals surface area (Å²) in [6, 6.07) is 22.5. The molecule has 0 fully saturated rings. The number of hydrogen-bond acceptors (Lipinski definition) is 1. The molecule has 0 N–H and O–H groups in total. The van der Waals surface area contributed by atoms with E-state index in [-0.39, 0.29) is 5.41 Å². The third-order valence-electron chi connectivity index (χ3n) is 10.3. The van der Waals surface area contributed by atoms with Gasteiger partial charge in [-0.1, -0.05) is 203 Å². The Morgan fingerprint density at radius 1 is 0.578 bits per heavy atom. The molecule has 3 rings (SSSR count). The predicted molar refractivity (Wildman–Crippen MR) is 197 cm³/mol. The number of unbranched alkanes of at least 4 members (excludes halogenated alkanes) is 18. The minimum absolute atomic E-state index is 0.0250. The van der Waals surface area contributed by atoms with E-state index in [9.17, 15) is 0 Å². The summed E-state index contributed by atoms with van der Waals surface area (Å²) >= 11 is 0. The van der Waals surface area contributed by atoms with Crippen molar-refractivity contribution >= 4 is 0 Å². The first kappa shape index (κ1) is 37.1. The Labute approximate surface area is 278 Å². The molecule has 0 bridgehead atoms. The van der Waals surface area contributed by atoms with Crippen LogP contribution in [-0.2, 0) is 18.4 Å². The van der Waals surface area contributed by atoms with Crippen LogP contribution in [-0.4, -0.2) is 9.55 Å². The summed E-state index contributed by atoms with van der Waals surface area (Å²) in [6.07, 6.45) is 34.1. The maximum Gasteiger partial charge on any atom is 0.112 e. The van der Waals surface area contributed by atoms with Crippen LogP contribution in [0, 0.1) is 0 Å². The number of rotatable bonds is 27. The Balaban J connectivity index is 1.66. The Morgan fingerprint density at radius 3 is 1.58 bits per heavy atom. The standard InChI is InChI=1S/C43H68N2/c1-4-6-8-10-12-14-16-18-20-28-34-41(43(3,40-32-26-23-27-33-40)38-39-30-24-22-25-31-39)42-44-35-37-45(42)36-29-21-19-17-15-13-11-9-7-5-2/h22-27,30-33,35,37,41H,4-21,28-29,34,36,38H2,1-3H3. The molecule has 250 valence electrons. The van der Waals surface area contributed by atoms with Gasteiger partial charge in [-0.05, 0) is 30.4 Å². The maximum absolute atomic E-state index is 5.14. The van der Waals surface area contributed by atoms with Crippen LogP contribution in [0.4, 0.5) is 0 Å². The molecule has 2 nitrogen and oxygen atoms in total. The summed E-state index contributed by atoms with van der Waals surface area (Å²) in [5, 5.41) is 0. The van der Waals surface area contributed by atoms with Crippen molar-refractivity contribution in [3.63, 3.8) is 0 Å². The number of hydrogen-bond donors (Lipinski definition) is 0. The van der Waals surface area contributed by atoms with Crippen LogP contribution in [0.2, 0.25) is 0 Å². The number of aromatic nitrogens is 2. The van der Waals surface area contributed by atoms with Crippen LogP contribution in [0.25, 0.3) is 0 Å². The van der Waals surface area contributed by atoms with Gasteiger partial charge in [0.2, 0.25) is 0 Å². The highest BCUT2D eigenvalue weighted by Gasteiger charge is 2.39. The van der Waals surface area contributed by atoms with Crippen LogP contribution in [0.5, 0.6) is 0 Å². The molecule has 45 heavy (non-hydrogen) atoms. The van der Waals surface area contributed by atoms with E-state index in [0.717, 1.165) is 13.0 Å². The molecule has 2 aromatic carbocycles. The maximum atomic E-state index is 5.14. The fourth-order valence-electron chi connectivity index (χ4n) is 7.42. The van der Waals surface area contributed by atoms with Gasteiger partial charge in [0.15, 0.2) is 0 Å². The summed E-state index contributed by atoms with van der Waals surface area (Å²) in [5.41, 5.74) is 2.84. The van der Waals surface area contributed by atoms with Crippen LogP contribution >= 0.6 is 0 Å². The molecule has 0 spiro atoms. The van der Waals surface area contributed by atoms with Crippen molar-refractivity contribution in [3.05, 3.63) is 90.0 Å². The van der Waals surface area contributed by atoms with Crippen molar-refractivity contribution in [1.29, 1.82) is 0 Å². The Kier molecular flexibility index (Phi) is 19.0. The Bertz CT molecular complexity index is 1090. The Hall–Kier alpha value is -2.35. The number of nitrogens with zero attached hydrogens (tertiary/aromatic N) is 2. The summed E-state index contributed by atoms with van der Waals surface area (Å²) in [7, 11) is 0. The van der Waals surface area contributed by atoms with Gasteiger partial charge in [-0.3, -0.25) is 0 Å². The predicted octanol–water partition coefficient (Wildman–Crippen LogP) is 13.4. The van der Waals surface area contributed by atoms with Crippen molar-refractivity contribution in [2.45, 2.75) is 180 Å². The summed E-state index contributed by atoms with van der Waals surface area (Å²) in [6.45, 7) is 8.23. The van der Waals surface area contributed by atoms with E-state index in [0.29, 0.717) is 5.92 Å². The zero-order chi connectivity index (χ0) is 31.8. The third-order valence-corrected chi connectivity index (χ3v) is 10.3. The molecule has 3 aromatic rings. The first-order valence-electron chi connectivity index (χ1n) is 19.3. The minimum atomic E-state index is -0.0250. The average Bonchev–Trinajstić information content (AvgIpc) is 3.53. The van der Waals surface area contributed by atoms with Gasteiger partial charge >= 0.3 is 0 Å². The summed E-state index contributed by atoms with van der Waals surface area (Å²) in [5.74, 6) is 1.69. The molecule has 1 aromatic heterocycles. The molecule has 0 amide bonds. The first-order valence-corrected chi connectivity index (χ1v) is 19.3. The van der Waals surface area contributed by atoms with Gasteiger partial charge in [-0.15, -0.1) is 0 Å². The monoisotopic (exact) mass is 613 g/mol. The molecule has 2 atom stereocenters. The van der Waals surface area contributed by atoms with Gasteiger partial charge in [0.1, 0.15) is 5.82 Å². The van der Waals surface area contributed by atoms with E-state index in [1.807, 2.05) is 0 Å². The molecule has 0 aliphatic rings. The molecular weight excluding hydrogens is 544 g/mol.